The number of aryl methyl sites for hydroxylation is 1. The number of piperidine rings is 1. The van der Waals surface area contributed by atoms with Crippen molar-refractivity contribution in [2.45, 2.75) is 38.8 Å². The van der Waals surface area contributed by atoms with Gasteiger partial charge >= 0.3 is 0 Å². The average Bonchev–Trinajstić information content (AvgIpc) is 3.31. The van der Waals surface area contributed by atoms with Gasteiger partial charge in [0, 0.05) is 25.1 Å². The van der Waals surface area contributed by atoms with Gasteiger partial charge in [0.05, 0.1) is 0 Å². The van der Waals surface area contributed by atoms with E-state index in [1.54, 1.807) is 18.2 Å². The highest BCUT2D eigenvalue weighted by molar-refractivity contribution is 6.01. The Labute approximate surface area is 166 Å². The number of hydrogen-bond acceptors (Lipinski definition) is 5. The van der Waals surface area contributed by atoms with Crippen LogP contribution in [0.4, 0.5) is 0 Å². The minimum Gasteiger partial charge on any atom is -0.440 e. The number of benzene rings is 2. The van der Waals surface area contributed by atoms with Crippen LogP contribution in [0.1, 0.15) is 51.7 Å². The van der Waals surface area contributed by atoms with E-state index in [2.05, 4.69) is 29.4 Å². The summed E-state index contributed by atoms with van der Waals surface area (Å²) in [5, 5.41) is 2.31. The van der Waals surface area contributed by atoms with Crippen LogP contribution in [0.15, 0.2) is 40.8 Å². The highest BCUT2D eigenvalue weighted by Gasteiger charge is 2.32. The van der Waals surface area contributed by atoms with Gasteiger partial charge in [-0.15, -0.1) is 0 Å². The first-order valence-electron chi connectivity index (χ1n) is 9.60. The van der Waals surface area contributed by atoms with Crippen molar-refractivity contribution in [3.63, 3.8) is 0 Å². The zero-order valence-corrected chi connectivity index (χ0v) is 15.9. The molecule has 0 bridgehead atoms. The lowest BCUT2D eigenvalue weighted by Crippen LogP contribution is -2.39. The van der Waals surface area contributed by atoms with Gasteiger partial charge in [-0.1, -0.05) is 18.2 Å². The van der Waals surface area contributed by atoms with Crippen LogP contribution in [0.5, 0.6) is 0 Å². The van der Waals surface area contributed by atoms with Gasteiger partial charge in [-0.2, -0.15) is 0 Å². The third-order valence-electron chi connectivity index (χ3n) is 5.69. The maximum absolute atomic E-state index is 13.0. The van der Waals surface area contributed by atoms with Crippen molar-refractivity contribution in [3.8, 4) is 0 Å². The summed E-state index contributed by atoms with van der Waals surface area (Å²) in [5.41, 5.74) is 5.15. The monoisotopic (exact) mass is 389 g/mol. The van der Waals surface area contributed by atoms with Crippen LogP contribution >= 0.6 is 0 Å². The Morgan fingerprint density at radius 2 is 2.07 bits per heavy atom. The second-order valence-electron chi connectivity index (χ2n) is 7.61. The number of nitrogens with zero attached hydrogens (tertiary/aromatic N) is 2. The average molecular weight is 389 g/mol. The number of carbonyl (C=O) groups excluding carboxylic acids is 3. The quantitative estimate of drug-likeness (QED) is 0.681. The van der Waals surface area contributed by atoms with Gasteiger partial charge in [-0.3, -0.25) is 19.7 Å². The molecule has 3 amide bonds. The van der Waals surface area contributed by atoms with Gasteiger partial charge in [0.1, 0.15) is 11.4 Å². The topological polar surface area (TPSA) is 92.5 Å². The van der Waals surface area contributed by atoms with E-state index >= 15 is 0 Å². The summed E-state index contributed by atoms with van der Waals surface area (Å²) in [6.07, 6.45) is 0.627. The predicted octanol–water partition coefficient (Wildman–Crippen LogP) is 2.81. The Morgan fingerprint density at radius 3 is 2.86 bits per heavy atom. The Morgan fingerprint density at radius 1 is 1.21 bits per heavy atom. The summed E-state index contributed by atoms with van der Waals surface area (Å²) >= 11 is 0. The van der Waals surface area contributed by atoms with Gasteiger partial charge in [-0.25, -0.2) is 4.98 Å². The van der Waals surface area contributed by atoms with E-state index in [0.717, 1.165) is 0 Å². The molecule has 7 heteroatoms. The fourth-order valence-electron chi connectivity index (χ4n) is 4.07. The molecular weight excluding hydrogens is 370 g/mol. The summed E-state index contributed by atoms with van der Waals surface area (Å²) in [5.74, 6) is -1.05. The molecule has 0 saturated carbocycles. The van der Waals surface area contributed by atoms with E-state index in [0.29, 0.717) is 36.2 Å². The lowest BCUT2D eigenvalue weighted by Gasteiger charge is -2.17. The van der Waals surface area contributed by atoms with Crippen LogP contribution in [0.2, 0.25) is 0 Å². The Hall–Kier alpha value is -3.48. The second-order valence-corrected chi connectivity index (χ2v) is 7.61. The molecule has 2 aromatic carbocycles. The Bertz CT molecular complexity index is 1180. The van der Waals surface area contributed by atoms with E-state index in [-0.39, 0.29) is 24.1 Å². The minimum atomic E-state index is -0.588. The van der Waals surface area contributed by atoms with E-state index in [4.69, 9.17) is 4.42 Å². The van der Waals surface area contributed by atoms with Crippen molar-refractivity contribution in [2.75, 3.05) is 0 Å². The third kappa shape index (κ3) is 2.99. The number of amides is 3. The summed E-state index contributed by atoms with van der Waals surface area (Å²) in [6, 6.07) is 11.3. The molecule has 7 nitrogen and oxygen atoms in total. The van der Waals surface area contributed by atoms with Crippen LogP contribution in [-0.2, 0) is 22.7 Å². The molecule has 1 unspecified atom stereocenters. The standard InChI is InChI=1S/C22H19N3O4/c1-12-3-2-4-14-10-25(11-16(12)14)22(28)13-5-7-17-18(9-13)29-21(23-17)15-6-8-19(26)24-20(15)27/h2-5,7,9,15H,6,8,10-11H2,1H3,(H,24,26,27). The fourth-order valence-corrected chi connectivity index (χ4v) is 4.07. The molecule has 0 aliphatic carbocycles. The lowest BCUT2D eigenvalue weighted by molar-refractivity contribution is -0.134. The van der Waals surface area contributed by atoms with Crippen molar-refractivity contribution in [1.29, 1.82) is 0 Å². The van der Waals surface area contributed by atoms with E-state index in [1.165, 1.54) is 16.7 Å². The van der Waals surface area contributed by atoms with Gasteiger partial charge in [0.2, 0.25) is 17.7 Å². The number of carbonyl (C=O) groups is 3. The zero-order chi connectivity index (χ0) is 20.1. The van der Waals surface area contributed by atoms with Crippen molar-refractivity contribution in [1.82, 2.24) is 15.2 Å². The maximum Gasteiger partial charge on any atom is 0.254 e. The molecule has 0 radical (unpaired) electrons. The van der Waals surface area contributed by atoms with Gasteiger partial charge in [0.15, 0.2) is 5.58 Å². The molecule has 5 rings (SSSR count). The number of nitrogens with one attached hydrogen (secondary N) is 1. The molecule has 146 valence electrons. The molecule has 3 heterocycles. The van der Waals surface area contributed by atoms with Gasteiger partial charge in [-0.05, 0) is 48.2 Å². The molecule has 1 atom stereocenters. The van der Waals surface area contributed by atoms with Crippen molar-refractivity contribution >= 4 is 28.8 Å². The van der Waals surface area contributed by atoms with Gasteiger partial charge < -0.3 is 9.32 Å². The van der Waals surface area contributed by atoms with Crippen LogP contribution in [0.25, 0.3) is 11.1 Å². The van der Waals surface area contributed by atoms with Crippen LogP contribution in [0, 0.1) is 6.92 Å². The third-order valence-corrected chi connectivity index (χ3v) is 5.69. The van der Waals surface area contributed by atoms with Crippen LogP contribution in [0.3, 0.4) is 0 Å². The first kappa shape index (κ1) is 17.6. The zero-order valence-electron chi connectivity index (χ0n) is 15.9. The highest BCUT2D eigenvalue weighted by Crippen LogP contribution is 2.30. The molecule has 1 aromatic heterocycles. The van der Waals surface area contributed by atoms with Crippen LogP contribution in [-0.4, -0.2) is 27.6 Å². The minimum absolute atomic E-state index is 0.0681. The lowest BCUT2D eigenvalue weighted by atomic mass is 9.98. The molecule has 3 aromatic rings. The van der Waals surface area contributed by atoms with E-state index in [1.807, 2.05) is 11.0 Å². The summed E-state index contributed by atoms with van der Waals surface area (Å²) in [7, 11) is 0. The summed E-state index contributed by atoms with van der Waals surface area (Å²) in [4.78, 5) is 42.7. The molecule has 2 aliphatic heterocycles. The molecule has 1 saturated heterocycles. The van der Waals surface area contributed by atoms with Crippen molar-refractivity contribution < 1.29 is 18.8 Å². The summed E-state index contributed by atoms with van der Waals surface area (Å²) < 4.78 is 5.79. The van der Waals surface area contributed by atoms with E-state index in [9.17, 15) is 14.4 Å². The first-order chi connectivity index (χ1) is 14.0. The van der Waals surface area contributed by atoms with Crippen molar-refractivity contribution in [3.05, 3.63) is 64.5 Å². The SMILES string of the molecule is Cc1cccc2c1CN(C(=O)c1ccc3nc(C4CCC(=O)NC4=O)oc3c1)C2. The Kier molecular flexibility index (Phi) is 3.97. The smallest absolute Gasteiger partial charge is 0.254 e. The second kappa shape index (κ2) is 6.55. The van der Waals surface area contributed by atoms with Crippen molar-refractivity contribution in [2.24, 2.45) is 0 Å². The first-order valence-corrected chi connectivity index (χ1v) is 9.60. The molecule has 1 fully saturated rings. The normalized spacial score (nSPS) is 18.8. The number of fused-ring (bicyclic) bond motifs is 2. The highest BCUT2D eigenvalue weighted by atomic mass is 16.3. The predicted molar refractivity (Wildman–Crippen MR) is 104 cm³/mol. The summed E-state index contributed by atoms with van der Waals surface area (Å²) in [6.45, 7) is 3.24. The molecule has 0 spiro atoms. The molecule has 2 aliphatic rings. The van der Waals surface area contributed by atoms with Crippen LogP contribution < -0.4 is 5.32 Å². The number of aromatic nitrogens is 1. The van der Waals surface area contributed by atoms with Gasteiger partial charge in [0.25, 0.3) is 5.91 Å². The number of oxazole rings is 1. The maximum atomic E-state index is 13.0. The largest absolute Gasteiger partial charge is 0.440 e. The molecule has 1 N–H and O–H groups in total. The van der Waals surface area contributed by atoms with E-state index < -0.39 is 11.8 Å². The number of rotatable bonds is 2. The fraction of sp³-hybridized carbons (Fsp3) is 0.273. The molecule has 29 heavy (non-hydrogen) atoms. The molecular formula is C22H19N3O4. The number of hydrogen-bond donors (Lipinski definition) is 1. The Balaban J connectivity index is 1.40. The number of imide groups is 1.